The van der Waals surface area contributed by atoms with Gasteiger partial charge in [0, 0.05) is 11.9 Å². The van der Waals surface area contributed by atoms with Crippen LogP contribution in [-0.2, 0) is 10.0 Å². The van der Waals surface area contributed by atoms with Crippen molar-refractivity contribution in [2.75, 3.05) is 11.3 Å². The van der Waals surface area contributed by atoms with Crippen LogP contribution in [0.25, 0.3) is 0 Å². The Hall–Kier alpha value is -2.08. The fourth-order valence-electron chi connectivity index (χ4n) is 1.93. The Morgan fingerprint density at radius 1 is 1.19 bits per heavy atom. The number of aromatic nitrogens is 1. The van der Waals surface area contributed by atoms with E-state index >= 15 is 0 Å². The highest BCUT2D eigenvalue weighted by Gasteiger charge is 2.15. The molecule has 112 valence electrons. The summed E-state index contributed by atoms with van der Waals surface area (Å²) < 4.78 is 32.7. The van der Waals surface area contributed by atoms with E-state index in [0.717, 1.165) is 11.3 Å². The first-order valence-electron chi connectivity index (χ1n) is 6.61. The molecule has 0 amide bonds. The van der Waals surface area contributed by atoms with E-state index in [1.807, 2.05) is 13.8 Å². The first-order chi connectivity index (χ1) is 9.92. The predicted octanol–water partition coefficient (Wildman–Crippen LogP) is 2.90. The zero-order chi connectivity index (χ0) is 15.5. The average molecular weight is 306 g/mol. The van der Waals surface area contributed by atoms with E-state index in [2.05, 4.69) is 9.71 Å². The highest BCUT2D eigenvalue weighted by Crippen LogP contribution is 2.23. The molecule has 0 spiro atoms. The third-order valence-corrected chi connectivity index (χ3v) is 4.28. The average Bonchev–Trinajstić information content (AvgIpc) is 2.40. The number of sulfonamides is 1. The maximum absolute atomic E-state index is 12.4. The summed E-state index contributed by atoms with van der Waals surface area (Å²) in [5.74, 6) is 0.691. The molecule has 2 aromatic rings. The van der Waals surface area contributed by atoms with Crippen LogP contribution in [0.3, 0.4) is 0 Å². The number of ether oxygens (including phenoxy) is 1. The first-order valence-corrected chi connectivity index (χ1v) is 8.09. The molecular formula is C15H18N2O3S. The van der Waals surface area contributed by atoms with Crippen molar-refractivity contribution in [3.05, 3.63) is 47.8 Å². The van der Waals surface area contributed by atoms with Crippen LogP contribution in [0.2, 0.25) is 0 Å². The van der Waals surface area contributed by atoms with E-state index in [0.29, 0.717) is 18.0 Å². The van der Waals surface area contributed by atoms with Gasteiger partial charge >= 0.3 is 0 Å². The number of aryl methyl sites for hydroxylation is 2. The SMILES string of the molecule is CCOc1ccc(S(=O)(=O)Nc2ccnc(C)c2)cc1C. The first kappa shape index (κ1) is 15.3. The zero-order valence-corrected chi connectivity index (χ0v) is 13.1. The monoisotopic (exact) mass is 306 g/mol. The molecule has 1 aromatic heterocycles. The van der Waals surface area contributed by atoms with E-state index in [4.69, 9.17) is 4.74 Å². The molecule has 1 N–H and O–H groups in total. The molecule has 0 radical (unpaired) electrons. The van der Waals surface area contributed by atoms with E-state index in [1.165, 1.54) is 6.07 Å². The summed E-state index contributed by atoms with van der Waals surface area (Å²) in [7, 11) is -3.62. The van der Waals surface area contributed by atoms with Crippen LogP contribution >= 0.6 is 0 Å². The quantitative estimate of drug-likeness (QED) is 0.922. The molecule has 2 rings (SSSR count). The summed E-state index contributed by atoms with van der Waals surface area (Å²) in [6.45, 7) is 6.05. The van der Waals surface area contributed by atoms with Gasteiger partial charge in [0.2, 0.25) is 0 Å². The van der Waals surface area contributed by atoms with Crippen molar-refractivity contribution in [2.24, 2.45) is 0 Å². The Morgan fingerprint density at radius 3 is 2.57 bits per heavy atom. The topological polar surface area (TPSA) is 68.3 Å². The fraction of sp³-hybridized carbons (Fsp3) is 0.267. The largest absolute Gasteiger partial charge is 0.494 e. The lowest BCUT2D eigenvalue weighted by Crippen LogP contribution is -2.13. The van der Waals surface area contributed by atoms with E-state index in [1.54, 1.807) is 37.4 Å². The molecule has 0 bridgehead atoms. The standard InChI is InChI=1S/C15H18N2O3S/c1-4-20-15-6-5-14(9-11(15)2)21(18,19)17-13-7-8-16-12(3)10-13/h5-10H,4H2,1-3H3,(H,16,17). The molecule has 6 heteroatoms. The minimum absolute atomic E-state index is 0.206. The molecule has 0 unspecified atom stereocenters. The van der Waals surface area contributed by atoms with Gasteiger partial charge in [-0.3, -0.25) is 9.71 Å². The van der Waals surface area contributed by atoms with Crippen LogP contribution in [0.15, 0.2) is 41.4 Å². The molecule has 0 fully saturated rings. The second-order valence-electron chi connectivity index (χ2n) is 4.65. The van der Waals surface area contributed by atoms with Gasteiger partial charge in [0.25, 0.3) is 10.0 Å². The molecule has 1 aromatic carbocycles. The summed E-state index contributed by atoms with van der Waals surface area (Å²) in [6, 6.07) is 8.10. The Labute approximate surface area is 125 Å². The number of nitrogens with zero attached hydrogens (tertiary/aromatic N) is 1. The predicted molar refractivity (Wildman–Crippen MR) is 82.1 cm³/mol. The van der Waals surface area contributed by atoms with E-state index in [9.17, 15) is 8.42 Å². The number of pyridine rings is 1. The second-order valence-corrected chi connectivity index (χ2v) is 6.33. The third-order valence-electron chi connectivity index (χ3n) is 2.91. The van der Waals surface area contributed by atoms with Crippen LogP contribution in [0.4, 0.5) is 5.69 Å². The van der Waals surface area contributed by atoms with Crippen molar-refractivity contribution in [2.45, 2.75) is 25.7 Å². The lowest BCUT2D eigenvalue weighted by molar-refractivity contribution is 0.337. The molecule has 0 atom stereocenters. The molecule has 0 aliphatic carbocycles. The van der Waals surface area contributed by atoms with E-state index < -0.39 is 10.0 Å². The minimum atomic E-state index is -3.62. The van der Waals surface area contributed by atoms with Gasteiger partial charge in [0.05, 0.1) is 17.2 Å². The summed E-state index contributed by atoms with van der Waals surface area (Å²) in [6.07, 6.45) is 1.57. The van der Waals surface area contributed by atoms with Crippen molar-refractivity contribution in [1.29, 1.82) is 0 Å². The minimum Gasteiger partial charge on any atom is -0.494 e. The molecular weight excluding hydrogens is 288 g/mol. The lowest BCUT2D eigenvalue weighted by atomic mass is 10.2. The maximum Gasteiger partial charge on any atom is 0.261 e. The van der Waals surface area contributed by atoms with Crippen molar-refractivity contribution in [3.63, 3.8) is 0 Å². The Bertz CT molecular complexity index is 742. The lowest BCUT2D eigenvalue weighted by Gasteiger charge is -2.11. The van der Waals surface area contributed by atoms with Crippen molar-refractivity contribution in [1.82, 2.24) is 4.98 Å². The van der Waals surface area contributed by atoms with Gasteiger partial charge in [0.15, 0.2) is 0 Å². The molecule has 0 aliphatic rings. The van der Waals surface area contributed by atoms with Gasteiger partial charge < -0.3 is 4.74 Å². The number of rotatable bonds is 5. The van der Waals surface area contributed by atoms with E-state index in [-0.39, 0.29) is 4.90 Å². The fourth-order valence-corrected chi connectivity index (χ4v) is 3.06. The normalized spacial score (nSPS) is 11.2. The molecule has 0 aliphatic heterocycles. The second kappa shape index (κ2) is 6.13. The van der Waals surface area contributed by atoms with Crippen LogP contribution in [0.5, 0.6) is 5.75 Å². The van der Waals surface area contributed by atoms with Gasteiger partial charge in [-0.05, 0) is 56.7 Å². The van der Waals surface area contributed by atoms with Crippen molar-refractivity contribution >= 4 is 15.7 Å². The van der Waals surface area contributed by atoms with Gasteiger partial charge in [-0.1, -0.05) is 0 Å². The van der Waals surface area contributed by atoms with Crippen molar-refractivity contribution < 1.29 is 13.2 Å². The maximum atomic E-state index is 12.4. The summed E-state index contributed by atoms with van der Waals surface area (Å²) >= 11 is 0. The van der Waals surface area contributed by atoms with Crippen LogP contribution in [0, 0.1) is 13.8 Å². The summed E-state index contributed by atoms with van der Waals surface area (Å²) in [5.41, 5.74) is 2.03. The van der Waals surface area contributed by atoms with Crippen LogP contribution in [0.1, 0.15) is 18.2 Å². The number of hydrogen-bond donors (Lipinski definition) is 1. The number of anilines is 1. The Kier molecular flexibility index (Phi) is 4.47. The van der Waals surface area contributed by atoms with Crippen LogP contribution < -0.4 is 9.46 Å². The zero-order valence-electron chi connectivity index (χ0n) is 12.3. The molecule has 0 saturated heterocycles. The third kappa shape index (κ3) is 3.72. The number of hydrogen-bond acceptors (Lipinski definition) is 4. The van der Waals surface area contributed by atoms with Gasteiger partial charge in [-0.2, -0.15) is 0 Å². The van der Waals surface area contributed by atoms with Crippen LogP contribution in [-0.4, -0.2) is 20.0 Å². The molecule has 1 heterocycles. The highest BCUT2D eigenvalue weighted by atomic mass is 32.2. The number of nitrogens with one attached hydrogen (secondary N) is 1. The molecule has 5 nitrogen and oxygen atoms in total. The Morgan fingerprint density at radius 2 is 1.95 bits per heavy atom. The summed E-state index contributed by atoms with van der Waals surface area (Å²) in [4.78, 5) is 4.24. The van der Waals surface area contributed by atoms with Gasteiger partial charge in [-0.25, -0.2) is 8.42 Å². The molecule has 21 heavy (non-hydrogen) atoms. The molecule has 0 saturated carbocycles. The van der Waals surface area contributed by atoms with Gasteiger partial charge in [0.1, 0.15) is 5.75 Å². The van der Waals surface area contributed by atoms with Gasteiger partial charge in [-0.15, -0.1) is 0 Å². The van der Waals surface area contributed by atoms with Crippen molar-refractivity contribution in [3.8, 4) is 5.75 Å². The highest BCUT2D eigenvalue weighted by molar-refractivity contribution is 7.92. The smallest absolute Gasteiger partial charge is 0.261 e. The Balaban J connectivity index is 2.29. The number of benzene rings is 1. The summed E-state index contributed by atoms with van der Waals surface area (Å²) in [5, 5.41) is 0.